The maximum Gasteiger partial charge on any atom is 0.168 e. The highest BCUT2D eigenvalue weighted by Gasteiger charge is 1.97. The van der Waals surface area contributed by atoms with E-state index in [9.17, 15) is 0 Å². The minimum Gasteiger partial charge on any atom is -0.205 e. The standard InChI is InChI=1S/C23H40N/c1-2-3-4-5-6-7-8-9-10-11-12-13-14-15-16-18-21-24-22-19-17-20-23-24/h9-10,17,19-20,22-23H,2-8,11-16,18,21H2,1H3/q+1/b10-9+. The molecule has 0 atom stereocenters. The highest BCUT2D eigenvalue weighted by Crippen LogP contribution is 2.09. The molecule has 0 saturated carbocycles. The number of pyridine rings is 1. The number of unbranched alkanes of at least 4 members (excludes halogenated alkanes) is 12. The van der Waals surface area contributed by atoms with E-state index < -0.39 is 0 Å². The van der Waals surface area contributed by atoms with Crippen LogP contribution in [-0.2, 0) is 6.54 Å². The van der Waals surface area contributed by atoms with Crippen LogP contribution < -0.4 is 4.57 Å². The summed E-state index contributed by atoms with van der Waals surface area (Å²) in [5, 5.41) is 0. The fraction of sp³-hybridized carbons (Fsp3) is 0.696. The van der Waals surface area contributed by atoms with Crippen LogP contribution in [-0.4, -0.2) is 0 Å². The van der Waals surface area contributed by atoms with Gasteiger partial charge in [-0.05, 0) is 32.1 Å². The second kappa shape index (κ2) is 16.7. The molecule has 0 aromatic carbocycles. The molecule has 0 spiro atoms. The molecule has 136 valence electrons. The first-order chi connectivity index (χ1) is 11.9. The minimum atomic E-state index is 1.17. The van der Waals surface area contributed by atoms with Gasteiger partial charge in [0.05, 0.1) is 0 Å². The van der Waals surface area contributed by atoms with E-state index in [2.05, 4.69) is 54.2 Å². The fourth-order valence-electron chi connectivity index (χ4n) is 3.13. The molecule has 0 radical (unpaired) electrons. The maximum atomic E-state index is 2.41. The monoisotopic (exact) mass is 330 g/mol. The van der Waals surface area contributed by atoms with Crippen molar-refractivity contribution in [2.45, 2.75) is 103 Å². The van der Waals surface area contributed by atoms with Gasteiger partial charge in [0.25, 0.3) is 0 Å². The Morgan fingerprint density at radius 2 is 1.08 bits per heavy atom. The average molecular weight is 331 g/mol. The van der Waals surface area contributed by atoms with E-state index in [4.69, 9.17) is 0 Å². The molecule has 0 aliphatic heterocycles. The third-order valence-electron chi connectivity index (χ3n) is 4.71. The molecule has 0 aliphatic carbocycles. The zero-order valence-electron chi connectivity index (χ0n) is 16.1. The van der Waals surface area contributed by atoms with Gasteiger partial charge in [0.1, 0.15) is 6.54 Å². The van der Waals surface area contributed by atoms with Crippen molar-refractivity contribution in [3.8, 4) is 0 Å². The summed E-state index contributed by atoms with van der Waals surface area (Å²) in [6.45, 7) is 3.45. The predicted molar refractivity (Wildman–Crippen MR) is 106 cm³/mol. The van der Waals surface area contributed by atoms with Crippen LogP contribution in [0.4, 0.5) is 0 Å². The highest BCUT2D eigenvalue weighted by atomic mass is 14.9. The molecule has 1 aromatic heterocycles. The third-order valence-corrected chi connectivity index (χ3v) is 4.71. The quantitative estimate of drug-likeness (QED) is 0.174. The van der Waals surface area contributed by atoms with Crippen LogP contribution in [0, 0.1) is 0 Å². The normalized spacial score (nSPS) is 11.4. The Bertz CT molecular complexity index is 382. The third kappa shape index (κ3) is 13.3. The lowest BCUT2D eigenvalue weighted by Crippen LogP contribution is -2.32. The fourth-order valence-corrected chi connectivity index (χ4v) is 3.13. The molecule has 1 heterocycles. The van der Waals surface area contributed by atoms with Crippen molar-refractivity contribution in [2.75, 3.05) is 0 Å². The van der Waals surface area contributed by atoms with Crippen molar-refractivity contribution in [2.24, 2.45) is 0 Å². The summed E-state index contributed by atoms with van der Waals surface area (Å²) >= 11 is 0. The SMILES string of the molecule is CCCCCCCC/C=C/CCCCCCCC[n+]1ccccc1. The predicted octanol–water partition coefficient (Wildman–Crippen LogP) is 7.01. The van der Waals surface area contributed by atoms with Crippen LogP contribution in [0.5, 0.6) is 0 Å². The molecule has 0 amide bonds. The summed E-state index contributed by atoms with van der Waals surface area (Å²) in [6, 6.07) is 6.30. The van der Waals surface area contributed by atoms with Gasteiger partial charge in [0, 0.05) is 18.6 Å². The molecule has 1 aromatic rings. The Kier molecular flexibility index (Phi) is 14.6. The lowest BCUT2D eigenvalue weighted by Gasteiger charge is -2.00. The van der Waals surface area contributed by atoms with Crippen LogP contribution in [0.3, 0.4) is 0 Å². The van der Waals surface area contributed by atoms with Crippen molar-refractivity contribution in [1.29, 1.82) is 0 Å². The Morgan fingerprint density at radius 1 is 0.583 bits per heavy atom. The number of aryl methyl sites for hydroxylation is 1. The Morgan fingerprint density at radius 3 is 1.67 bits per heavy atom. The molecule has 24 heavy (non-hydrogen) atoms. The Balaban J connectivity index is 1.76. The van der Waals surface area contributed by atoms with Crippen LogP contribution in [0.2, 0.25) is 0 Å². The summed E-state index contributed by atoms with van der Waals surface area (Å²) in [7, 11) is 0. The lowest BCUT2D eigenvalue weighted by atomic mass is 10.1. The molecule has 0 saturated heterocycles. The van der Waals surface area contributed by atoms with Crippen molar-refractivity contribution in [3.63, 3.8) is 0 Å². The first kappa shape index (κ1) is 20.9. The van der Waals surface area contributed by atoms with Gasteiger partial charge in [-0.1, -0.05) is 76.5 Å². The van der Waals surface area contributed by atoms with E-state index in [0.717, 1.165) is 0 Å². The molecule has 0 bridgehead atoms. The van der Waals surface area contributed by atoms with Crippen molar-refractivity contribution in [1.82, 2.24) is 0 Å². The van der Waals surface area contributed by atoms with Gasteiger partial charge in [0.2, 0.25) is 0 Å². The molecule has 1 rings (SSSR count). The van der Waals surface area contributed by atoms with Gasteiger partial charge in [-0.2, -0.15) is 0 Å². The van der Waals surface area contributed by atoms with Gasteiger partial charge in [-0.25, -0.2) is 4.57 Å². The summed E-state index contributed by atoms with van der Waals surface area (Å²) in [6.07, 6.45) is 28.5. The molecule has 1 heteroatoms. The van der Waals surface area contributed by atoms with E-state index >= 15 is 0 Å². The summed E-state index contributed by atoms with van der Waals surface area (Å²) in [5.74, 6) is 0. The van der Waals surface area contributed by atoms with Crippen molar-refractivity contribution in [3.05, 3.63) is 42.7 Å². The van der Waals surface area contributed by atoms with E-state index in [1.807, 2.05) is 0 Å². The maximum absolute atomic E-state index is 2.41. The van der Waals surface area contributed by atoms with Crippen LogP contribution >= 0.6 is 0 Å². The Hall–Kier alpha value is -1.11. The molecule has 0 aliphatic rings. The second-order valence-corrected chi connectivity index (χ2v) is 7.05. The topological polar surface area (TPSA) is 3.88 Å². The number of hydrogen-bond acceptors (Lipinski definition) is 0. The Labute approximate surface area is 151 Å². The summed E-state index contributed by atoms with van der Waals surface area (Å²) < 4.78 is 2.29. The van der Waals surface area contributed by atoms with Gasteiger partial charge in [-0.3, -0.25) is 0 Å². The number of allylic oxidation sites excluding steroid dienone is 2. The first-order valence-electron chi connectivity index (χ1n) is 10.5. The van der Waals surface area contributed by atoms with E-state index in [-0.39, 0.29) is 0 Å². The minimum absolute atomic E-state index is 1.17. The molecular weight excluding hydrogens is 290 g/mol. The van der Waals surface area contributed by atoms with Crippen molar-refractivity contribution >= 4 is 0 Å². The smallest absolute Gasteiger partial charge is 0.168 e. The van der Waals surface area contributed by atoms with Gasteiger partial charge in [-0.15, -0.1) is 0 Å². The summed E-state index contributed by atoms with van der Waals surface area (Å²) in [4.78, 5) is 0. The highest BCUT2D eigenvalue weighted by molar-refractivity contribution is 4.83. The largest absolute Gasteiger partial charge is 0.205 e. The van der Waals surface area contributed by atoms with Gasteiger partial charge >= 0.3 is 0 Å². The van der Waals surface area contributed by atoms with Crippen LogP contribution in [0.15, 0.2) is 42.7 Å². The molecule has 1 nitrogen and oxygen atoms in total. The van der Waals surface area contributed by atoms with E-state index in [1.54, 1.807) is 0 Å². The first-order valence-corrected chi connectivity index (χ1v) is 10.5. The van der Waals surface area contributed by atoms with Crippen molar-refractivity contribution < 1.29 is 4.57 Å². The number of hydrogen-bond donors (Lipinski definition) is 0. The second-order valence-electron chi connectivity index (χ2n) is 7.05. The van der Waals surface area contributed by atoms with E-state index in [0.29, 0.717) is 0 Å². The van der Waals surface area contributed by atoms with Gasteiger partial charge < -0.3 is 0 Å². The number of aromatic nitrogens is 1. The molecule has 0 N–H and O–H groups in total. The molecule has 0 unspecified atom stereocenters. The van der Waals surface area contributed by atoms with Gasteiger partial charge in [0.15, 0.2) is 12.4 Å². The zero-order chi connectivity index (χ0) is 17.1. The number of nitrogens with zero attached hydrogens (tertiary/aromatic N) is 1. The van der Waals surface area contributed by atoms with Crippen LogP contribution in [0.1, 0.15) is 96.8 Å². The molecular formula is C23H40N+. The lowest BCUT2D eigenvalue weighted by molar-refractivity contribution is -0.697. The van der Waals surface area contributed by atoms with Crippen LogP contribution in [0.25, 0.3) is 0 Å². The average Bonchev–Trinajstić information content (AvgIpc) is 2.62. The zero-order valence-corrected chi connectivity index (χ0v) is 16.1. The number of rotatable bonds is 16. The molecule has 0 fully saturated rings. The van der Waals surface area contributed by atoms with E-state index in [1.165, 1.54) is 96.4 Å². The summed E-state index contributed by atoms with van der Waals surface area (Å²) in [5.41, 5.74) is 0.